The van der Waals surface area contributed by atoms with Crippen molar-refractivity contribution in [3.05, 3.63) is 29.6 Å². The first kappa shape index (κ1) is 18.7. The molecule has 2 fully saturated rings. The predicted molar refractivity (Wildman–Crippen MR) is 109 cm³/mol. The third-order valence-electron chi connectivity index (χ3n) is 6.23. The number of anilines is 4. The quantitative estimate of drug-likeness (QED) is 0.832. The third-order valence-corrected chi connectivity index (χ3v) is 6.23. The van der Waals surface area contributed by atoms with E-state index in [-0.39, 0.29) is 11.3 Å². The second-order valence-electron chi connectivity index (χ2n) is 8.68. The monoisotopic (exact) mass is 407 g/mol. The summed E-state index contributed by atoms with van der Waals surface area (Å²) in [5, 5.41) is 12.0. The topological polar surface area (TPSA) is 98.0 Å². The molecule has 8 nitrogen and oxygen atoms in total. The molecule has 0 unspecified atom stereocenters. The van der Waals surface area contributed by atoms with Crippen molar-refractivity contribution in [1.82, 2.24) is 15.0 Å². The number of nitrogens with zero attached hydrogens (tertiary/aromatic N) is 6. The Morgan fingerprint density at radius 3 is 2.70 bits per heavy atom. The molecule has 0 atom stereocenters. The van der Waals surface area contributed by atoms with Crippen LogP contribution < -0.4 is 15.1 Å². The van der Waals surface area contributed by atoms with E-state index in [1.54, 1.807) is 0 Å². The third kappa shape index (κ3) is 2.86. The minimum absolute atomic E-state index is 0.0943. The highest BCUT2D eigenvalue weighted by atomic mass is 19.1. The van der Waals surface area contributed by atoms with E-state index in [0.29, 0.717) is 24.9 Å². The summed E-state index contributed by atoms with van der Waals surface area (Å²) < 4.78 is 13.2. The molecule has 1 spiro atoms. The van der Waals surface area contributed by atoms with Gasteiger partial charge in [0.15, 0.2) is 0 Å². The van der Waals surface area contributed by atoms with Gasteiger partial charge in [-0.1, -0.05) is 0 Å². The summed E-state index contributed by atoms with van der Waals surface area (Å²) in [6.45, 7) is 4.08. The van der Waals surface area contributed by atoms with E-state index in [4.69, 9.17) is 4.98 Å². The van der Waals surface area contributed by atoms with Gasteiger partial charge in [-0.3, -0.25) is 4.79 Å². The Labute approximate surface area is 173 Å². The lowest BCUT2D eigenvalue weighted by Crippen LogP contribution is -2.57. The van der Waals surface area contributed by atoms with Crippen LogP contribution in [0, 0.1) is 23.7 Å². The second kappa shape index (κ2) is 6.36. The number of pyridine rings is 1. The van der Waals surface area contributed by atoms with Crippen LogP contribution in [0.4, 0.5) is 27.7 Å². The molecule has 4 heterocycles. The number of alkyl halides is 1. The molecule has 5 rings (SSSR count). The zero-order chi connectivity index (χ0) is 21.1. The first-order valence-electron chi connectivity index (χ1n) is 10.0. The van der Waals surface area contributed by atoms with Crippen molar-refractivity contribution in [1.29, 1.82) is 5.26 Å². The first-order valence-corrected chi connectivity index (χ1v) is 10.0. The second-order valence-corrected chi connectivity index (χ2v) is 8.68. The molecule has 0 bridgehead atoms. The largest absolute Gasteiger partial charge is 0.337 e. The van der Waals surface area contributed by atoms with Crippen molar-refractivity contribution in [2.45, 2.75) is 32.1 Å². The van der Waals surface area contributed by atoms with Crippen LogP contribution in [0.5, 0.6) is 0 Å². The van der Waals surface area contributed by atoms with Gasteiger partial charge in [-0.25, -0.2) is 14.4 Å². The number of nitriles is 1. The molecule has 0 radical (unpaired) electrons. The van der Waals surface area contributed by atoms with E-state index in [9.17, 15) is 14.4 Å². The van der Waals surface area contributed by atoms with Crippen LogP contribution >= 0.6 is 0 Å². The van der Waals surface area contributed by atoms with E-state index < -0.39 is 12.1 Å². The maximum Gasteiger partial charge on any atom is 0.227 e. The molecule has 2 aliphatic heterocycles. The Hall–Kier alpha value is -3.28. The number of carbonyl (C=O) groups excluding carboxylic acids is 1. The average Bonchev–Trinajstić information content (AvgIpc) is 3.38. The zero-order valence-electron chi connectivity index (χ0n) is 16.9. The summed E-state index contributed by atoms with van der Waals surface area (Å²) in [6.07, 6.45) is 4.06. The molecule has 1 aliphatic carbocycles. The van der Waals surface area contributed by atoms with Crippen molar-refractivity contribution < 1.29 is 9.18 Å². The number of aryl methyl sites for hydroxylation is 1. The van der Waals surface area contributed by atoms with Crippen LogP contribution in [0.3, 0.4) is 0 Å². The molecule has 0 aromatic carbocycles. The molecule has 2 aromatic rings. The Balaban J connectivity index is 1.49. The average molecular weight is 407 g/mol. The van der Waals surface area contributed by atoms with E-state index in [1.165, 1.54) is 12.5 Å². The zero-order valence-corrected chi connectivity index (χ0v) is 16.9. The fourth-order valence-electron chi connectivity index (χ4n) is 4.41. The molecule has 1 saturated heterocycles. The van der Waals surface area contributed by atoms with E-state index >= 15 is 0 Å². The molecule has 9 heteroatoms. The summed E-state index contributed by atoms with van der Waals surface area (Å²) in [5.41, 5.74) is 2.12. The highest BCUT2D eigenvalue weighted by Gasteiger charge is 2.53. The van der Waals surface area contributed by atoms with Gasteiger partial charge in [-0.05, 0) is 19.8 Å². The lowest BCUT2D eigenvalue weighted by molar-refractivity contribution is -0.114. The van der Waals surface area contributed by atoms with Crippen molar-refractivity contribution in [2.24, 2.45) is 5.41 Å². The van der Waals surface area contributed by atoms with Gasteiger partial charge >= 0.3 is 0 Å². The number of fused-ring (bicyclic) bond motifs is 2. The maximum absolute atomic E-state index is 13.2. The Bertz CT molecular complexity index is 1090. The van der Waals surface area contributed by atoms with E-state index in [2.05, 4.69) is 26.3 Å². The van der Waals surface area contributed by atoms with Crippen LogP contribution in [0.15, 0.2) is 18.3 Å². The van der Waals surface area contributed by atoms with Crippen LogP contribution in [0.2, 0.25) is 0 Å². The number of halogens is 1. The van der Waals surface area contributed by atoms with E-state index in [1.807, 2.05) is 30.2 Å². The summed E-state index contributed by atoms with van der Waals surface area (Å²) in [4.78, 5) is 29.1. The molecular formula is C21H22FN7O. The van der Waals surface area contributed by atoms with Crippen LogP contribution in [0.1, 0.15) is 31.0 Å². The van der Waals surface area contributed by atoms with Crippen molar-refractivity contribution in [3.8, 4) is 6.07 Å². The van der Waals surface area contributed by atoms with E-state index in [0.717, 1.165) is 36.6 Å². The Kier molecular flexibility index (Phi) is 3.97. The summed E-state index contributed by atoms with van der Waals surface area (Å²) in [7, 11) is 0. The van der Waals surface area contributed by atoms with Crippen LogP contribution in [-0.2, 0) is 10.2 Å². The lowest BCUT2D eigenvalue weighted by atomic mass is 9.83. The smallest absolute Gasteiger partial charge is 0.227 e. The minimum atomic E-state index is -0.954. The van der Waals surface area contributed by atoms with Gasteiger partial charge in [0, 0.05) is 61.6 Å². The normalized spacial score (nSPS) is 19.8. The van der Waals surface area contributed by atoms with Crippen LogP contribution in [-0.4, -0.2) is 47.2 Å². The minimum Gasteiger partial charge on any atom is -0.337 e. The van der Waals surface area contributed by atoms with Crippen molar-refractivity contribution >= 4 is 29.2 Å². The van der Waals surface area contributed by atoms with Gasteiger partial charge in [-0.2, -0.15) is 10.2 Å². The summed E-state index contributed by atoms with van der Waals surface area (Å²) >= 11 is 0. The number of carbonyl (C=O) groups is 1. The fraction of sp³-hybridized carbons (Fsp3) is 0.476. The Morgan fingerprint density at radius 2 is 2.07 bits per heavy atom. The molecule has 1 amide bonds. The molecule has 2 aromatic heterocycles. The first-order chi connectivity index (χ1) is 14.4. The number of nitrogens with one attached hydrogen (secondary N) is 1. The summed E-state index contributed by atoms with van der Waals surface area (Å²) in [5.74, 6) is 1.62. The number of amides is 1. The Morgan fingerprint density at radius 1 is 1.30 bits per heavy atom. The van der Waals surface area contributed by atoms with Crippen LogP contribution in [0.25, 0.3) is 0 Å². The summed E-state index contributed by atoms with van der Waals surface area (Å²) in [6, 6.07) is 5.91. The van der Waals surface area contributed by atoms with Gasteiger partial charge in [0.05, 0.1) is 11.8 Å². The molecular weight excluding hydrogens is 385 g/mol. The molecule has 154 valence electrons. The standard InChI is InChI=1S/C21H22FN7O/c1-13-5-18(27-19(25-13)28-10-20(8-22,9-23)11-28)29-12-21(3-4-21)15-7-24-17(6-16(15)29)26-14(2)30/h5-7H,3-4,8,10-12H2,1-2H3,(H,24,26,30). The van der Waals surface area contributed by atoms with Crippen molar-refractivity contribution in [2.75, 3.05) is 41.4 Å². The van der Waals surface area contributed by atoms with Gasteiger partial charge in [0.1, 0.15) is 23.7 Å². The number of hydrogen-bond donors (Lipinski definition) is 1. The van der Waals surface area contributed by atoms with Gasteiger partial charge in [-0.15, -0.1) is 0 Å². The highest BCUT2D eigenvalue weighted by molar-refractivity contribution is 5.89. The lowest BCUT2D eigenvalue weighted by Gasteiger charge is -2.44. The van der Waals surface area contributed by atoms with Gasteiger partial charge in [0.2, 0.25) is 11.9 Å². The fourth-order valence-corrected chi connectivity index (χ4v) is 4.41. The predicted octanol–water partition coefficient (Wildman–Crippen LogP) is 2.62. The van der Waals surface area contributed by atoms with Crippen molar-refractivity contribution in [3.63, 3.8) is 0 Å². The molecule has 30 heavy (non-hydrogen) atoms. The molecule has 3 aliphatic rings. The molecule has 1 N–H and O–H groups in total. The number of aromatic nitrogens is 3. The van der Waals surface area contributed by atoms with Gasteiger partial charge < -0.3 is 15.1 Å². The van der Waals surface area contributed by atoms with Gasteiger partial charge in [0.25, 0.3) is 0 Å². The highest BCUT2D eigenvalue weighted by Crippen LogP contribution is 2.58. The number of rotatable bonds is 4. The number of hydrogen-bond acceptors (Lipinski definition) is 7. The molecule has 1 saturated carbocycles. The maximum atomic E-state index is 13.2. The SMILES string of the molecule is CC(=O)Nc1cc2c(cn1)C1(CC1)CN2c1cc(C)nc(N2CC(C#N)(CF)C2)n1.